The summed E-state index contributed by atoms with van der Waals surface area (Å²) in [6.07, 6.45) is 8.75. The van der Waals surface area contributed by atoms with Crippen LogP contribution in [0.5, 0.6) is 5.75 Å². The third-order valence-electron chi connectivity index (χ3n) is 7.81. The largest absolute Gasteiger partial charge is 0.505 e. The van der Waals surface area contributed by atoms with Crippen LogP contribution in [0.3, 0.4) is 0 Å². The number of benzene rings is 2. The van der Waals surface area contributed by atoms with Crippen LogP contribution >= 0.6 is 0 Å². The van der Waals surface area contributed by atoms with Gasteiger partial charge >= 0.3 is 0 Å². The van der Waals surface area contributed by atoms with Crippen LogP contribution in [0.25, 0.3) is 0 Å². The van der Waals surface area contributed by atoms with Gasteiger partial charge in [-0.25, -0.2) is 4.39 Å². The van der Waals surface area contributed by atoms with Gasteiger partial charge in [-0.3, -0.25) is 4.79 Å². The molecule has 1 saturated carbocycles. The summed E-state index contributed by atoms with van der Waals surface area (Å²) in [4.78, 5) is 14.3. The van der Waals surface area contributed by atoms with Crippen molar-refractivity contribution in [3.8, 4) is 5.75 Å². The molecule has 1 fully saturated rings. The molecule has 4 N–H and O–H groups in total. The summed E-state index contributed by atoms with van der Waals surface area (Å²) in [6, 6.07) is 13.1. The lowest BCUT2D eigenvalue weighted by Crippen LogP contribution is -2.51. The Kier molecular flexibility index (Phi) is 8.64. The fourth-order valence-corrected chi connectivity index (χ4v) is 5.69. The van der Waals surface area contributed by atoms with E-state index in [2.05, 4.69) is 35.8 Å². The molecule has 1 aliphatic heterocycles. The summed E-state index contributed by atoms with van der Waals surface area (Å²) < 4.78 is 14.3. The topological polar surface area (TPSA) is 84.8 Å². The zero-order valence-electron chi connectivity index (χ0n) is 21.2. The molecule has 4 rings (SSSR count). The molecule has 2 aliphatic rings. The minimum absolute atomic E-state index is 0.0174. The van der Waals surface area contributed by atoms with Gasteiger partial charge in [0, 0.05) is 25.2 Å². The Morgan fingerprint density at radius 1 is 1.17 bits per heavy atom. The number of aliphatic hydroxyl groups excluding tert-OH is 1. The molecule has 0 spiro atoms. The van der Waals surface area contributed by atoms with E-state index in [0.717, 1.165) is 37.7 Å². The molecule has 2 aromatic carbocycles. The summed E-state index contributed by atoms with van der Waals surface area (Å²) in [6.45, 7) is 2.60. The van der Waals surface area contributed by atoms with Gasteiger partial charge in [-0.1, -0.05) is 49.4 Å². The standard InChI is InChI=1S/C29H38FN3O3/c1-3-23(32-24(28(35)31-2)17-20-7-5-4-6-8-20)21-11-9-19(10-12-21)15-16-33-18-22-13-14-25(34)27(30)26(22)29(33)36/h4-8,13-16,19,21,23-24,29,32,34,36H,3,9-12,17-18H2,1-2H3,(H,31,35). The third-order valence-corrected chi connectivity index (χ3v) is 7.81. The van der Waals surface area contributed by atoms with Crippen molar-refractivity contribution in [1.29, 1.82) is 0 Å². The fourth-order valence-electron chi connectivity index (χ4n) is 5.69. The molecule has 0 radical (unpaired) electrons. The maximum Gasteiger partial charge on any atom is 0.237 e. The van der Waals surface area contributed by atoms with Gasteiger partial charge in [0.25, 0.3) is 0 Å². The lowest BCUT2D eigenvalue weighted by atomic mass is 9.77. The summed E-state index contributed by atoms with van der Waals surface area (Å²) in [5.74, 6) is -0.257. The quantitative estimate of drug-likeness (QED) is 0.415. The van der Waals surface area contributed by atoms with Gasteiger partial charge in [0.1, 0.15) is 0 Å². The van der Waals surface area contributed by atoms with Crippen LogP contribution in [-0.2, 0) is 17.8 Å². The molecular formula is C29H38FN3O3. The first-order valence-corrected chi connectivity index (χ1v) is 13.0. The van der Waals surface area contributed by atoms with Crippen molar-refractivity contribution in [3.63, 3.8) is 0 Å². The Bertz CT molecular complexity index is 1050. The number of likely N-dealkylation sites (N-methyl/N-ethyl adjacent to an activating group) is 1. The molecule has 3 atom stereocenters. The van der Waals surface area contributed by atoms with Crippen molar-refractivity contribution in [2.75, 3.05) is 7.05 Å². The fraction of sp³-hybridized carbons (Fsp3) is 0.483. The van der Waals surface area contributed by atoms with Crippen molar-refractivity contribution < 1.29 is 19.4 Å². The smallest absolute Gasteiger partial charge is 0.237 e. The number of carbonyl (C=O) groups is 1. The molecule has 0 bridgehead atoms. The number of allylic oxidation sites excluding steroid dienone is 1. The molecule has 6 nitrogen and oxygen atoms in total. The number of hydrogen-bond acceptors (Lipinski definition) is 5. The summed E-state index contributed by atoms with van der Waals surface area (Å²) >= 11 is 0. The van der Waals surface area contributed by atoms with E-state index in [-0.39, 0.29) is 23.6 Å². The van der Waals surface area contributed by atoms with Gasteiger partial charge in [-0.15, -0.1) is 0 Å². The Hall–Kier alpha value is -2.90. The maximum atomic E-state index is 14.3. The molecule has 1 heterocycles. The lowest BCUT2D eigenvalue weighted by Gasteiger charge is -2.35. The average Bonchev–Trinajstić information content (AvgIpc) is 3.23. The zero-order valence-corrected chi connectivity index (χ0v) is 21.2. The molecule has 0 saturated heterocycles. The van der Waals surface area contributed by atoms with E-state index in [9.17, 15) is 19.4 Å². The highest BCUT2D eigenvalue weighted by Gasteiger charge is 2.32. The van der Waals surface area contributed by atoms with Crippen LogP contribution < -0.4 is 10.6 Å². The van der Waals surface area contributed by atoms with Crippen LogP contribution in [0.15, 0.2) is 54.7 Å². The average molecular weight is 496 g/mol. The molecule has 0 aromatic heterocycles. The lowest BCUT2D eigenvalue weighted by molar-refractivity contribution is -0.123. The molecule has 3 unspecified atom stereocenters. The van der Waals surface area contributed by atoms with Crippen LogP contribution in [0.1, 0.15) is 61.9 Å². The Balaban J connectivity index is 1.32. The highest BCUT2D eigenvalue weighted by molar-refractivity contribution is 5.81. The summed E-state index contributed by atoms with van der Waals surface area (Å²) in [5, 5.41) is 26.7. The number of hydrogen-bond donors (Lipinski definition) is 4. The van der Waals surface area contributed by atoms with E-state index in [1.54, 1.807) is 18.0 Å². The minimum atomic E-state index is -1.08. The van der Waals surface area contributed by atoms with Crippen molar-refractivity contribution in [2.45, 2.75) is 70.3 Å². The van der Waals surface area contributed by atoms with Crippen molar-refractivity contribution in [2.24, 2.45) is 11.8 Å². The number of phenols is 1. The van der Waals surface area contributed by atoms with Crippen LogP contribution in [0.4, 0.5) is 4.39 Å². The third kappa shape index (κ3) is 5.90. The van der Waals surface area contributed by atoms with E-state index in [4.69, 9.17) is 0 Å². The van der Waals surface area contributed by atoms with Gasteiger partial charge in [0.2, 0.25) is 5.91 Å². The molecule has 1 amide bonds. The second-order valence-corrected chi connectivity index (χ2v) is 10.1. The van der Waals surface area contributed by atoms with Crippen LogP contribution in [-0.4, -0.2) is 40.2 Å². The first-order valence-electron chi connectivity index (χ1n) is 13.0. The Morgan fingerprint density at radius 2 is 1.89 bits per heavy atom. The van der Waals surface area contributed by atoms with Crippen LogP contribution in [0.2, 0.25) is 0 Å². The molecular weight excluding hydrogens is 457 g/mol. The molecule has 7 heteroatoms. The number of rotatable bonds is 9. The number of nitrogens with one attached hydrogen (secondary N) is 2. The Labute approximate surface area is 213 Å². The van der Waals surface area contributed by atoms with Gasteiger partial charge < -0.3 is 25.7 Å². The van der Waals surface area contributed by atoms with Gasteiger partial charge in [0.15, 0.2) is 17.8 Å². The number of amides is 1. The predicted molar refractivity (Wildman–Crippen MR) is 138 cm³/mol. The number of aliphatic hydroxyl groups is 1. The van der Waals surface area contributed by atoms with E-state index in [0.29, 0.717) is 30.4 Å². The SMILES string of the molecule is CCC(NC(Cc1ccccc1)C(=O)NC)C1CCC(C=CN2Cc3ccc(O)c(F)c3C2O)CC1. The van der Waals surface area contributed by atoms with Crippen molar-refractivity contribution in [3.05, 3.63) is 77.2 Å². The van der Waals surface area contributed by atoms with Gasteiger partial charge in [-0.2, -0.15) is 0 Å². The molecule has 2 aromatic rings. The second-order valence-electron chi connectivity index (χ2n) is 10.1. The second kappa shape index (κ2) is 11.9. The highest BCUT2D eigenvalue weighted by atomic mass is 19.1. The normalized spacial score (nSPS) is 23.4. The summed E-state index contributed by atoms with van der Waals surface area (Å²) in [5.41, 5.74) is 2.01. The van der Waals surface area contributed by atoms with E-state index < -0.39 is 17.8 Å². The number of halogens is 1. The molecule has 36 heavy (non-hydrogen) atoms. The number of phenolic OH excluding ortho intramolecular Hbond substituents is 1. The highest BCUT2D eigenvalue weighted by Crippen LogP contribution is 2.38. The van der Waals surface area contributed by atoms with Crippen molar-refractivity contribution >= 4 is 5.91 Å². The van der Waals surface area contributed by atoms with Crippen molar-refractivity contribution in [1.82, 2.24) is 15.5 Å². The minimum Gasteiger partial charge on any atom is -0.505 e. The first kappa shape index (κ1) is 26.2. The Morgan fingerprint density at radius 3 is 2.56 bits per heavy atom. The molecule has 1 aliphatic carbocycles. The van der Waals surface area contributed by atoms with Gasteiger partial charge in [-0.05, 0) is 73.8 Å². The number of nitrogens with zero attached hydrogens (tertiary/aromatic N) is 1. The predicted octanol–water partition coefficient (Wildman–Crippen LogP) is 4.38. The van der Waals surface area contributed by atoms with Crippen LogP contribution in [0, 0.1) is 17.7 Å². The van der Waals surface area contributed by atoms with E-state index in [1.165, 1.54) is 6.07 Å². The zero-order chi connectivity index (χ0) is 25.7. The number of carbonyl (C=O) groups excluding carboxylic acids is 1. The van der Waals surface area contributed by atoms with E-state index in [1.807, 2.05) is 24.4 Å². The number of fused-ring (bicyclic) bond motifs is 1. The van der Waals surface area contributed by atoms with E-state index >= 15 is 0 Å². The molecule has 194 valence electrons. The first-order chi connectivity index (χ1) is 17.4. The van der Waals surface area contributed by atoms with Gasteiger partial charge in [0.05, 0.1) is 6.04 Å². The number of aromatic hydroxyl groups is 1. The maximum absolute atomic E-state index is 14.3. The summed E-state index contributed by atoms with van der Waals surface area (Å²) in [7, 11) is 1.69. The monoisotopic (exact) mass is 495 g/mol.